The van der Waals surface area contributed by atoms with Crippen LogP contribution < -0.4 is 5.32 Å². The van der Waals surface area contributed by atoms with Gasteiger partial charge in [-0.2, -0.15) is 0 Å². The van der Waals surface area contributed by atoms with Gasteiger partial charge in [0.15, 0.2) is 0 Å². The molecule has 2 rings (SSSR count). The Morgan fingerprint density at radius 3 is 2.84 bits per heavy atom. The predicted octanol–water partition coefficient (Wildman–Crippen LogP) is 4.05. The standard InChI is InChI=1S/C14H13IN2OS/c1-2-19-13-7-6-12(9-16-13)17-14(18)10-4-3-5-11(15)8-10/h3-9H,2H2,1H3,(H,17,18). The lowest BCUT2D eigenvalue weighted by Crippen LogP contribution is -2.12. The van der Waals surface area contributed by atoms with E-state index in [-0.39, 0.29) is 5.91 Å². The van der Waals surface area contributed by atoms with Gasteiger partial charge in [0.05, 0.1) is 16.9 Å². The van der Waals surface area contributed by atoms with Gasteiger partial charge in [-0.25, -0.2) is 4.98 Å². The number of amides is 1. The largest absolute Gasteiger partial charge is 0.321 e. The number of hydrogen-bond acceptors (Lipinski definition) is 3. The lowest BCUT2D eigenvalue weighted by molar-refractivity contribution is 0.102. The van der Waals surface area contributed by atoms with Crippen LogP contribution in [-0.4, -0.2) is 16.6 Å². The number of halogens is 1. The highest BCUT2D eigenvalue weighted by Gasteiger charge is 2.06. The summed E-state index contributed by atoms with van der Waals surface area (Å²) in [4.78, 5) is 16.3. The number of nitrogens with one attached hydrogen (secondary N) is 1. The Bertz CT molecular complexity index is 572. The van der Waals surface area contributed by atoms with Gasteiger partial charge >= 0.3 is 0 Å². The van der Waals surface area contributed by atoms with E-state index in [2.05, 4.69) is 39.8 Å². The zero-order valence-corrected chi connectivity index (χ0v) is 13.4. The molecule has 0 fully saturated rings. The smallest absolute Gasteiger partial charge is 0.255 e. The molecule has 19 heavy (non-hydrogen) atoms. The molecule has 2 aromatic rings. The fraction of sp³-hybridized carbons (Fsp3) is 0.143. The third-order valence-electron chi connectivity index (χ3n) is 2.37. The van der Waals surface area contributed by atoms with Gasteiger partial charge in [-0.15, -0.1) is 11.8 Å². The second-order valence-corrected chi connectivity index (χ2v) is 6.31. The summed E-state index contributed by atoms with van der Waals surface area (Å²) in [6, 6.07) is 11.3. The molecule has 1 heterocycles. The lowest BCUT2D eigenvalue weighted by Gasteiger charge is -2.06. The van der Waals surface area contributed by atoms with Crippen molar-refractivity contribution in [2.45, 2.75) is 11.9 Å². The summed E-state index contributed by atoms with van der Waals surface area (Å²) >= 11 is 3.86. The van der Waals surface area contributed by atoms with Crippen LogP contribution in [0.1, 0.15) is 17.3 Å². The molecule has 5 heteroatoms. The van der Waals surface area contributed by atoms with E-state index in [1.807, 2.05) is 30.3 Å². The number of anilines is 1. The fourth-order valence-corrected chi connectivity index (χ4v) is 2.65. The predicted molar refractivity (Wildman–Crippen MR) is 87.7 cm³/mol. The molecule has 0 aliphatic carbocycles. The van der Waals surface area contributed by atoms with Gasteiger partial charge in [-0.3, -0.25) is 4.79 Å². The van der Waals surface area contributed by atoms with Gasteiger partial charge in [0.1, 0.15) is 0 Å². The minimum Gasteiger partial charge on any atom is -0.321 e. The summed E-state index contributed by atoms with van der Waals surface area (Å²) in [7, 11) is 0. The first kappa shape index (κ1) is 14.3. The first-order valence-corrected chi connectivity index (χ1v) is 7.91. The minimum atomic E-state index is -0.115. The van der Waals surface area contributed by atoms with E-state index in [9.17, 15) is 4.79 Å². The molecular formula is C14H13IN2OS. The Labute approximate surface area is 130 Å². The van der Waals surface area contributed by atoms with E-state index < -0.39 is 0 Å². The number of carbonyl (C=O) groups excluding carboxylic acids is 1. The molecular weight excluding hydrogens is 371 g/mol. The summed E-state index contributed by atoms with van der Waals surface area (Å²) in [5.41, 5.74) is 1.36. The highest BCUT2D eigenvalue weighted by molar-refractivity contribution is 14.1. The summed E-state index contributed by atoms with van der Waals surface area (Å²) in [5.74, 6) is 0.873. The van der Waals surface area contributed by atoms with Crippen molar-refractivity contribution in [2.24, 2.45) is 0 Å². The number of benzene rings is 1. The SMILES string of the molecule is CCSc1ccc(NC(=O)c2cccc(I)c2)cn1. The molecule has 0 saturated carbocycles. The van der Waals surface area contributed by atoms with Crippen molar-refractivity contribution in [3.63, 3.8) is 0 Å². The van der Waals surface area contributed by atoms with Crippen molar-refractivity contribution in [2.75, 3.05) is 11.1 Å². The van der Waals surface area contributed by atoms with Gasteiger partial charge in [-0.05, 0) is 58.7 Å². The second kappa shape index (κ2) is 6.91. The molecule has 0 unspecified atom stereocenters. The van der Waals surface area contributed by atoms with Crippen molar-refractivity contribution in [1.29, 1.82) is 0 Å². The van der Waals surface area contributed by atoms with Gasteiger partial charge in [0, 0.05) is 9.13 Å². The lowest BCUT2D eigenvalue weighted by atomic mass is 10.2. The van der Waals surface area contributed by atoms with Crippen LogP contribution in [0.25, 0.3) is 0 Å². The number of nitrogens with zero attached hydrogens (tertiary/aromatic N) is 1. The molecule has 1 N–H and O–H groups in total. The first-order chi connectivity index (χ1) is 9.19. The molecule has 0 spiro atoms. The number of hydrogen-bond donors (Lipinski definition) is 1. The Kier molecular flexibility index (Phi) is 5.21. The van der Waals surface area contributed by atoms with Gasteiger partial charge in [0.2, 0.25) is 0 Å². The Morgan fingerprint density at radius 2 is 2.21 bits per heavy atom. The van der Waals surface area contributed by atoms with E-state index in [4.69, 9.17) is 0 Å². The van der Waals surface area contributed by atoms with E-state index in [1.165, 1.54) is 0 Å². The summed E-state index contributed by atoms with van der Waals surface area (Å²) in [6.45, 7) is 2.08. The number of aromatic nitrogens is 1. The molecule has 0 bridgehead atoms. The van der Waals surface area contributed by atoms with Crippen LogP contribution in [0.15, 0.2) is 47.6 Å². The maximum atomic E-state index is 12.0. The molecule has 0 saturated heterocycles. The Morgan fingerprint density at radius 1 is 1.37 bits per heavy atom. The zero-order chi connectivity index (χ0) is 13.7. The topological polar surface area (TPSA) is 42.0 Å². The van der Waals surface area contributed by atoms with Crippen molar-refractivity contribution < 1.29 is 4.79 Å². The number of carbonyl (C=O) groups is 1. The van der Waals surface area contributed by atoms with Crippen molar-refractivity contribution in [1.82, 2.24) is 4.98 Å². The molecule has 0 aliphatic rings. The highest BCUT2D eigenvalue weighted by atomic mass is 127. The Balaban J connectivity index is 2.06. The van der Waals surface area contributed by atoms with Gasteiger partial charge < -0.3 is 5.32 Å². The number of pyridine rings is 1. The second-order valence-electron chi connectivity index (χ2n) is 3.78. The third kappa shape index (κ3) is 4.21. The molecule has 1 amide bonds. The minimum absolute atomic E-state index is 0.115. The maximum absolute atomic E-state index is 12.0. The summed E-state index contributed by atoms with van der Waals surface area (Å²) in [6.07, 6.45) is 1.68. The molecule has 0 atom stereocenters. The monoisotopic (exact) mass is 384 g/mol. The van der Waals surface area contributed by atoms with Crippen LogP contribution in [0.4, 0.5) is 5.69 Å². The van der Waals surface area contributed by atoms with Crippen LogP contribution in [0.2, 0.25) is 0 Å². The summed E-state index contributed by atoms with van der Waals surface area (Å²) in [5, 5.41) is 3.81. The average Bonchev–Trinajstić information content (AvgIpc) is 2.41. The van der Waals surface area contributed by atoms with Crippen LogP contribution >= 0.6 is 34.4 Å². The maximum Gasteiger partial charge on any atom is 0.255 e. The highest BCUT2D eigenvalue weighted by Crippen LogP contribution is 2.17. The van der Waals surface area contributed by atoms with Crippen LogP contribution in [-0.2, 0) is 0 Å². The number of rotatable bonds is 4. The van der Waals surface area contributed by atoms with Crippen molar-refractivity contribution >= 4 is 45.9 Å². The van der Waals surface area contributed by atoms with E-state index >= 15 is 0 Å². The normalized spacial score (nSPS) is 10.2. The van der Waals surface area contributed by atoms with Gasteiger partial charge in [-0.1, -0.05) is 13.0 Å². The third-order valence-corrected chi connectivity index (χ3v) is 3.87. The molecule has 0 radical (unpaired) electrons. The molecule has 1 aromatic heterocycles. The quantitative estimate of drug-likeness (QED) is 0.639. The van der Waals surface area contributed by atoms with E-state index in [0.717, 1.165) is 14.3 Å². The van der Waals surface area contributed by atoms with Crippen molar-refractivity contribution in [3.8, 4) is 0 Å². The average molecular weight is 384 g/mol. The zero-order valence-electron chi connectivity index (χ0n) is 10.4. The molecule has 0 aliphatic heterocycles. The van der Waals surface area contributed by atoms with Crippen LogP contribution in [0.5, 0.6) is 0 Å². The van der Waals surface area contributed by atoms with Gasteiger partial charge in [0.25, 0.3) is 5.91 Å². The number of thioether (sulfide) groups is 1. The first-order valence-electron chi connectivity index (χ1n) is 5.85. The fourth-order valence-electron chi connectivity index (χ4n) is 1.52. The molecule has 1 aromatic carbocycles. The Hall–Kier alpha value is -1.08. The summed E-state index contributed by atoms with van der Waals surface area (Å²) < 4.78 is 1.04. The van der Waals surface area contributed by atoms with Crippen LogP contribution in [0.3, 0.4) is 0 Å². The van der Waals surface area contributed by atoms with E-state index in [1.54, 1.807) is 24.0 Å². The molecule has 3 nitrogen and oxygen atoms in total. The van der Waals surface area contributed by atoms with Crippen LogP contribution in [0, 0.1) is 3.57 Å². The molecule has 98 valence electrons. The van der Waals surface area contributed by atoms with Crippen molar-refractivity contribution in [3.05, 3.63) is 51.7 Å². The van der Waals surface area contributed by atoms with E-state index in [0.29, 0.717) is 11.3 Å².